The Balaban J connectivity index is 1.61. The first-order valence-electron chi connectivity index (χ1n) is 7.43. The Morgan fingerprint density at radius 3 is 2.33 bits per heavy atom. The van der Waals surface area contributed by atoms with E-state index in [4.69, 9.17) is 0 Å². The molecule has 3 rings (SSSR count). The number of rotatable bonds is 6. The van der Waals surface area contributed by atoms with Crippen LogP contribution < -0.4 is 0 Å². The van der Waals surface area contributed by atoms with Crippen molar-refractivity contribution >= 4 is 0 Å². The van der Waals surface area contributed by atoms with Gasteiger partial charge in [0.05, 0.1) is 0 Å². The Kier molecular flexibility index (Phi) is 4.30. The minimum absolute atomic E-state index is 0.177. The summed E-state index contributed by atoms with van der Waals surface area (Å²) < 4.78 is 26.2. The molecule has 2 aromatic rings. The molecule has 1 fully saturated rings. The Bertz CT molecular complexity index is 590. The summed E-state index contributed by atoms with van der Waals surface area (Å²) in [7, 11) is 0. The van der Waals surface area contributed by atoms with Crippen LogP contribution in [0, 0.1) is 11.6 Å². The van der Waals surface area contributed by atoms with Crippen LogP contribution in [-0.4, -0.2) is 17.5 Å². The van der Waals surface area contributed by atoms with E-state index >= 15 is 0 Å². The third-order valence-electron chi connectivity index (χ3n) is 3.94. The van der Waals surface area contributed by atoms with Gasteiger partial charge in [-0.05, 0) is 54.7 Å². The van der Waals surface area contributed by atoms with Crippen LogP contribution in [-0.2, 0) is 13.0 Å². The average Bonchev–Trinajstić information content (AvgIpc) is 3.30. The number of nitrogens with zero attached hydrogens (tertiary/aromatic N) is 1. The second-order valence-electron chi connectivity index (χ2n) is 5.71. The third-order valence-corrected chi connectivity index (χ3v) is 3.94. The van der Waals surface area contributed by atoms with Crippen molar-refractivity contribution in [3.05, 3.63) is 71.3 Å². The zero-order valence-corrected chi connectivity index (χ0v) is 11.9. The molecule has 110 valence electrons. The van der Waals surface area contributed by atoms with Gasteiger partial charge >= 0.3 is 0 Å². The van der Waals surface area contributed by atoms with Crippen molar-refractivity contribution < 1.29 is 8.78 Å². The minimum atomic E-state index is -0.198. The highest BCUT2D eigenvalue weighted by Crippen LogP contribution is 2.28. The van der Waals surface area contributed by atoms with Gasteiger partial charge in [-0.25, -0.2) is 8.78 Å². The van der Waals surface area contributed by atoms with Crippen LogP contribution in [0.3, 0.4) is 0 Å². The lowest BCUT2D eigenvalue weighted by molar-refractivity contribution is 0.258. The van der Waals surface area contributed by atoms with E-state index in [1.54, 1.807) is 12.1 Å². The monoisotopic (exact) mass is 287 g/mol. The highest BCUT2D eigenvalue weighted by Gasteiger charge is 2.28. The van der Waals surface area contributed by atoms with Gasteiger partial charge in [0.2, 0.25) is 0 Å². The SMILES string of the molecule is Fc1ccc(CN(CCc2cccc(F)c2)C2CC2)cc1. The molecule has 3 heteroatoms. The maximum absolute atomic E-state index is 13.2. The van der Waals surface area contributed by atoms with Crippen LogP contribution in [0.15, 0.2) is 48.5 Å². The Morgan fingerprint density at radius 2 is 1.67 bits per heavy atom. The van der Waals surface area contributed by atoms with Crippen molar-refractivity contribution in [2.24, 2.45) is 0 Å². The van der Waals surface area contributed by atoms with E-state index < -0.39 is 0 Å². The summed E-state index contributed by atoms with van der Waals surface area (Å²) in [6.07, 6.45) is 3.30. The lowest BCUT2D eigenvalue weighted by Crippen LogP contribution is -2.28. The predicted octanol–water partition coefficient (Wildman–Crippen LogP) is 4.17. The molecule has 21 heavy (non-hydrogen) atoms. The second-order valence-corrected chi connectivity index (χ2v) is 5.71. The molecule has 1 aliphatic rings. The maximum Gasteiger partial charge on any atom is 0.123 e. The maximum atomic E-state index is 13.2. The smallest absolute Gasteiger partial charge is 0.123 e. The quantitative estimate of drug-likeness (QED) is 0.770. The van der Waals surface area contributed by atoms with Gasteiger partial charge in [0.25, 0.3) is 0 Å². The molecule has 0 spiro atoms. The van der Waals surface area contributed by atoms with E-state index in [0.29, 0.717) is 6.04 Å². The summed E-state index contributed by atoms with van der Waals surface area (Å²) in [5.74, 6) is -0.375. The van der Waals surface area contributed by atoms with Crippen molar-refractivity contribution in [2.45, 2.75) is 31.8 Å². The fourth-order valence-electron chi connectivity index (χ4n) is 2.62. The van der Waals surface area contributed by atoms with Gasteiger partial charge in [0.15, 0.2) is 0 Å². The van der Waals surface area contributed by atoms with Crippen LogP contribution in [0.25, 0.3) is 0 Å². The third kappa shape index (κ3) is 4.11. The molecule has 0 radical (unpaired) electrons. The first-order valence-corrected chi connectivity index (χ1v) is 7.43. The molecule has 1 aliphatic carbocycles. The molecule has 0 heterocycles. The minimum Gasteiger partial charge on any atom is -0.296 e. The molecular weight excluding hydrogens is 268 g/mol. The molecule has 0 aromatic heterocycles. The van der Waals surface area contributed by atoms with E-state index in [2.05, 4.69) is 4.90 Å². The lowest BCUT2D eigenvalue weighted by atomic mass is 10.1. The summed E-state index contributed by atoms with van der Waals surface area (Å²) >= 11 is 0. The fourth-order valence-corrected chi connectivity index (χ4v) is 2.62. The van der Waals surface area contributed by atoms with Gasteiger partial charge in [-0.2, -0.15) is 0 Å². The Morgan fingerprint density at radius 1 is 0.905 bits per heavy atom. The highest BCUT2D eigenvalue weighted by atomic mass is 19.1. The van der Waals surface area contributed by atoms with Gasteiger partial charge in [-0.1, -0.05) is 24.3 Å². The van der Waals surface area contributed by atoms with Gasteiger partial charge in [0.1, 0.15) is 11.6 Å². The van der Waals surface area contributed by atoms with Gasteiger partial charge in [0, 0.05) is 19.1 Å². The summed E-state index contributed by atoms with van der Waals surface area (Å²) in [6.45, 7) is 1.74. The van der Waals surface area contributed by atoms with Crippen LogP contribution in [0.1, 0.15) is 24.0 Å². The summed E-state index contributed by atoms with van der Waals surface area (Å²) in [6, 6.07) is 14.1. The zero-order chi connectivity index (χ0) is 14.7. The molecule has 0 saturated heterocycles. The number of benzene rings is 2. The number of hydrogen-bond donors (Lipinski definition) is 0. The largest absolute Gasteiger partial charge is 0.296 e. The molecule has 0 aliphatic heterocycles. The molecule has 0 N–H and O–H groups in total. The summed E-state index contributed by atoms with van der Waals surface area (Å²) in [5, 5.41) is 0. The van der Waals surface area contributed by atoms with Crippen LogP contribution in [0.4, 0.5) is 8.78 Å². The average molecular weight is 287 g/mol. The fraction of sp³-hybridized carbons (Fsp3) is 0.333. The topological polar surface area (TPSA) is 3.24 Å². The first-order chi connectivity index (χ1) is 10.2. The van der Waals surface area contributed by atoms with Gasteiger partial charge in [-0.15, -0.1) is 0 Å². The first kappa shape index (κ1) is 14.2. The van der Waals surface area contributed by atoms with E-state index in [1.165, 1.54) is 31.0 Å². The predicted molar refractivity (Wildman–Crippen MR) is 79.9 cm³/mol. The number of hydrogen-bond acceptors (Lipinski definition) is 1. The molecule has 0 bridgehead atoms. The lowest BCUT2D eigenvalue weighted by Gasteiger charge is -2.22. The van der Waals surface area contributed by atoms with E-state index in [0.717, 1.165) is 30.6 Å². The van der Waals surface area contributed by atoms with Gasteiger partial charge < -0.3 is 0 Å². The molecule has 0 atom stereocenters. The second kappa shape index (κ2) is 6.35. The highest BCUT2D eigenvalue weighted by molar-refractivity contribution is 5.18. The normalized spacial score (nSPS) is 14.6. The molecular formula is C18H19F2N. The van der Waals surface area contributed by atoms with E-state index in [9.17, 15) is 8.78 Å². The molecule has 2 aromatic carbocycles. The Hall–Kier alpha value is -1.74. The molecule has 0 unspecified atom stereocenters. The molecule has 1 saturated carbocycles. The summed E-state index contributed by atoms with van der Waals surface area (Å²) in [5.41, 5.74) is 2.15. The van der Waals surface area contributed by atoms with Crippen molar-refractivity contribution in [3.63, 3.8) is 0 Å². The Labute approximate surface area is 124 Å². The van der Waals surface area contributed by atoms with Crippen molar-refractivity contribution in [2.75, 3.05) is 6.54 Å². The van der Waals surface area contributed by atoms with Crippen LogP contribution >= 0.6 is 0 Å². The summed E-state index contributed by atoms with van der Waals surface area (Å²) in [4.78, 5) is 2.41. The van der Waals surface area contributed by atoms with Crippen molar-refractivity contribution in [1.82, 2.24) is 4.90 Å². The number of halogens is 2. The van der Waals surface area contributed by atoms with Gasteiger partial charge in [-0.3, -0.25) is 4.90 Å². The van der Waals surface area contributed by atoms with E-state index in [1.807, 2.05) is 18.2 Å². The van der Waals surface area contributed by atoms with E-state index in [-0.39, 0.29) is 11.6 Å². The molecule has 0 amide bonds. The van der Waals surface area contributed by atoms with Crippen molar-refractivity contribution in [1.29, 1.82) is 0 Å². The van der Waals surface area contributed by atoms with Crippen LogP contribution in [0.2, 0.25) is 0 Å². The molecule has 1 nitrogen and oxygen atoms in total. The van der Waals surface area contributed by atoms with Crippen molar-refractivity contribution in [3.8, 4) is 0 Å². The van der Waals surface area contributed by atoms with Crippen LogP contribution in [0.5, 0.6) is 0 Å². The zero-order valence-electron chi connectivity index (χ0n) is 11.9. The standard InChI is InChI=1S/C18H19F2N/c19-16-6-4-15(5-7-16)13-21(18-8-9-18)11-10-14-2-1-3-17(20)12-14/h1-7,12,18H,8-11,13H2.